The molecule has 0 aliphatic rings. The van der Waals surface area contributed by atoms with Crippen molar-refractivity contribution in [2.24, 2.45) is 0 Å². The average Bonchev–Trinajstić information content (AvgIpc) is 2.48. The molecule has 0 amide bonds. The van der Waals surface area contributed by atoms with Crippen LogP contribution >= 0.6 is 39.9 Å². The van der Waals surface area contributed by atoms with Gasteiger partial charge < -0.3 is 0 Å². The first kappa shape index (κ1) is 10.4. The minimum absolute atomic E-state index is 0.0140. The lowest BCUT2D eigenvalue weighted by molar-refractivity contribution is 0.148. The van der Waals surface area contributed by atoms with E-state index < -0.39 is 6.43 Å². The first-order valence-electron chi connectivity index (χ1n) is 3.78. The molecule has 5 heteroatoms. The minimum Gasteiger partial charge on any atom is -0.205 e. The normalized spacial score (nSPS) is 11.5. The molecule has 0 saturated carbocycles. The lowest BCUT2D eigenvalue weighted by Gasteiger charge is -2.04. The molecule has 14 heavy (non-hydrogen) atoms. The number of alkyl halides is 2. The minimum atomic E-state index is -2.47. The van der Waals surface area contributed by atoms with Crippen LogP contribution in [0.2, 0.25) is 0 Å². The Bertz CT molecular complexity index is 479. The molecule has 0 fully saturated rings. The summed E-state index contributed by atoms with van der Waals surface area (Å²) in [6.07, 6.45) is -2.47. The van der Waals surface area contributed by atoms with E-state index in [1.807, 2.05) is 5.38 Å². The average molecular weight is 295 g/mol. The summed E-state index contributed by atoms with van der Waals surface area (Å²) < 4.78 is 26.9. The number of benzene rings is 1. The molecule has 0 spiro atoms. The van der Waals surface area contributed by atoms with Crippen molar-refractivity contribution in [2.45, 2.75) is 11.3 Å². The van der Waals surface area contributed by atoms with E-state index in [-0.39, 0.29) is 5.56 Å². The molecule has 0 unspecified atom stereocenters. The molecule has 0 N–H and O–H groups in total. The van der Waals surface area contributed by atoms with Crippen molar-refractivity contribution in [1.82, 2.24) is 0 Å². The highest BCUT2D eigenvalue weighted by Gasteiger charge is 2.15. The van der Waals surface area contributed by atoms with Gasteiger partial charge in [-0.3, -0.25) is 0 Å². The van der Waals surface area contributed by atoms with Crippen LogP contribution in [0.1, 0.15) is 12.0 Å². The summed E-state index contributed by atoms with van der Waals surface area (Å²) in [4.78, 5) is 0.366. The monoisotopic (exact) mass is 294 g/mol. The van der Waals surface area contributed by atoms with Gasteiger partial charge in [-0.25, -0.2) is 8.78 Å². The summed E-state index contributed by atoms with van der Waals surface area (Å²) >= 11 is 8.96. The number of hydrogen-bond acceptors (Lipinski definition) is 2. The van der Waals surface area contributed by atoms with Crippen molar-refractivity contribution < 1.29 is 8.78 Å². The predicted molar refractivity (Wildman–Crippen MR) is 61.7 cm³/mol. The van der Waals surface area contributed by atoms with Crippen LogP contribution in [0.3, 0.4) is 0 Å². The topological polar surface area (TPSA) is 0 Å². The van der Waals surface area contributed by atoms with Crippen molar-refractivity contribution in [3.8, 4) is 0 Å². The van der Waals surface area contributed by atoms with Crippen molar-refractivity contribution in [1.29, 1.82) is 0 Å². The first-order valence-corrected chi connectivity index (χ1v) is 5.90. The zero-order valence-electron chi connectivity index (χ0n) is 6.80. The van der Waals surface area contributed by atoms with Gasteiger partial charge in [0.2, 0.25) is 0 Å². The number of halogens is 3. The predicted octanol–water partition coefficient (Wildman–Crippen LogP) is 4.89. The fourth-order valence-electron chi connectivity index (χ4n) is 1.27. The van der Waals surface area contributed by atoms with E-state index in [1.54, 1.807) is 6.07 Å². The highest BCUT2D eigenvalue weighted by Crippen LogP contribution is 2.39. The van der Waals surface area contributed by atoms with Gasteiger partial charge >= 0.3 is 0 Å². The zero-order valence-corrected chi connectivity index (χ0v) is 10.1. The molecule has 2 aromatic rings. The molecule has 0 atom stereocenters. The summed E-state index contributed by atoms with van der Waals surface area (Å²) in [5, 5.41) is 2.65. The number of hydrogen-bond donors (Lipinski definition) is 1. The maximum atomic E-state index is 12.5. The van der Waals surface area contributed by atoms with Gasteiger partial charge in [0.15, 0.2) is 0 Å². The fourth-order valence-corrected chi connectivity index (χ4v) is 3.56. The molecule has 1 aromatic heterocycles. The van der Waals surface area contributed by atoms with Gasteiger partial charge in [-0.2, -0.15) is 0 Å². The van der Waals surface area contributed by atoms with Crippen LogP contribution in [0.15, 0.2) is 26.9 Å². The highest BCUT2D eigenvalue weighted by molar-refractivity contribution is 9.10. The van der Waals surface area contributed by atoms with Gasteiger partial charge in [0.05, 0.1) is 0 Å². The van der Waals surface area contributed by atoms with Crippen LogP contribution in [0.4, 0.5) is 8.78 Å². The van der Waals surface area contributed by atoms with E-state index >= 15 is 0 Å². The Balaban J connectivity index is 2.79. The van der Waals surface area contributed by atoms with E-state index in [1.165, 1.54) is 17.4 Å². The van der Waals surface area contributed by atoms with Crippen LogP contribution in [0.25, 0.3) is 10.1 Å². The Morgan fingerprint density at radius 1 is 1.36 bits per heavy atom. The van der Waals surface area contributed by atoms with Crippen molar-refractivity contribution in [3.63, 3.8) is 0 Å². The lowest BCUT2D eigenvalue weighted by Crippen LogP contribution is -1.86. The molecule has 1 heterocycles. The van der Waals surface area contributed by atoms with Crippen LogP contribution in [-0.2, 0) is 0 Å². The van der Waals surface area contributed by atoms with E-state index in [0.717, 1.165) is 14.6 Å². The van der Waals surface area contributed by atoms with Gasteiger partial charge in [0.25, 0.3) is 6.43 Å². The highest BCUT2D eigenvalue weighted by atomic mass is 79.9. The largest absolute Gasteiger partial charge is 0.264 e. The second-order valence-corrected chi connectivity index (χ2v) is 4.97. The third-order valence-electron chi connectivity index (χ3n) is 1.93. The van der Waals surface area contributed by atoms with Gasteiger partial charge in [0.1, 0.15) is 0 Å². The van der Waals surface area contributed by atoms with Crippen LogP contribution in [-0.4, -0.2) is 0 Å². The van der Waals surface area contributed by atoms with E-state index in [2.05, 4.69) is 28.6 Å². The SMILES string of the molecule is FC(F)c1ccc2scc(Br)c2c1S. The van der Waals surface area contributed by atoms with Gasteiger partial charge in [-0.05, 0) is 22.0 Å². The molecular formula is C9H5BrF2S2. The second kappa shape index (κ2) is 3.79. The number of thiol groups is 1. The van der Waals surface area contributed by atoms with E-state index in [4.69, 9.17) is 0 Å². The number of rotatable bonds is 1. The molecule has 0 aliphatic carbocycles. The van der Waals surface area contributed by atoms with Gasteiger partial charge in [-0.1, -0.05) is 6.07 Å². The van der Waals surface area contributed by atoms with Crippen molar-refractivity contribution >= 4 is 50.0 Å². The first-order chi connectivity index (χ1) is 6.61. The molecule has 0 saturated heterocycles. The standard InChI is InChI=1S/C9H5BrF2S2/c10-5-3-14-6-2-1-4(9(11)12)8(13)7(5)6/h1-3,9,13H. The molecule has 74 valence electrons. The van der Waals surface area contributed by atoms with Crippen LogP contribution in [0.5, 0.6) is 0 Å². The van der Waals surface area contributed by atoms with E-state index in [9.17, 15) is 8.78 Å². The molecule has 0 nitrogen and oxygen atoms in total. The Kier molecular flexibility index (Phi) is 2.81. The molecular weight excluding hydrogens is 290 g/mol. The molecule has 1 aromatic carbocycles. The lowest BCUT2D eigenvalue weighted by atomic mass is 10.2. The Labute approximate surface area is 97.5 Å². The summed E-state index contributed by atoms with van der Waals surface area (Å²) in [7, 11) is 0. The van der Waals surface area contributed by atoms with Gasteiger partial charge in [-0.15, -0.1) is 24.0 Å². The number of thiophene rings is 1. The Morgan fingerprint density at radius 3 is 2.71 bits per heavy atom. The summed E-state index contributed by atoms with van der Waals surface area (Å²) in [6, 6.07) is 3.13. The summed E-state index contributed by atoms with van der Waals surface area (Å²) in [5.41, 5.74) is -0.0140. The van der Waals surface area contributed by atoms with Crippen LogP contribution in [0, 0.1) is 0 Å². The molecule has 0 aliphatic heterocycles. The third kappa shape index (κ3) is 1.57. The third-order valence-corrected chi connectivity index (χ3v) is 4.29. The summed E-state index contributed by atoms with van der Waals surface area (Å²) in [6.45, 7) is 0. The Morgan fingerprint density at radius 2 is 2.07 bits per heavy atom. The number of fused-ring (bicyclic) bond motifs is 1. The quantitative estimate of drug-likeness (QED) is 0.711. The van der Waals surface area contributed by atoms with Crippen LogP contribution < -0.4 is 0 Å². The smallest absolute Gasteiger partial charge is 0.205 e. The zero-order chi connectivity index (χ0) is 10.3. The molecule has 0 bridgehead atoms. The molecule has 0 radical (unpaired) electrons. The summed E-state index contributed by atoms with van der Waals surface area (Å²) in [5.74, 6) is 0. The maximum absolute atomic E-state index is 12.5. The fraction of sp³-hybridized carbons (Fsp3) is 0.111. The van der Waals surface area contributed by atoms with Crippen molar-refractivity contribution in [2.75, 3.05) is 0 Å². The molecule has 2 rings (SSSR count). The second-order valence-electron chi connectivity index (χ2n) is 2.76. The van der Waals surface area contributed by atoms with E-state index in [0.29, 0.717) is 4.90 Å². The van der Waals surface area contributed by atoms with Gasteiger partial charge in [0, 0.05) is 30.4 Å². The van der Waals surface area contributed by atoms with Crippen molar-refractivity contribution in [3.05, 3.63) is 27.5 Å². The maximum Gasteiger partial charge on any atom is 0.264 e. The Hall–Kier alpha value is -0.130.